The first-order chi connectivity index (χ1) is 15.2. The largest absolute Gasteiger partial charge is 0.478 e. The Kier molecular flexibility index (Phi) is 7.60. The smallest absolute Gasteiger partial charge is 0.347 e. The van der Waals surface area contributed by atoms with Crippen LogP contribution < -0.4 is 4.74 Å². The van der Waals surface area contributed by atoms with E-state index in [1.165, 1.54) is 11.1 Å². The number of carbonyl (C=O) groups excluding carboxylic acids is 1. The number of amides is 1. The molecule has 1 heterocycles. The average Bonchev–Trinajstić information content (AvgIpc) is 2.77. The van der Waals surface area contributed by atoms with Gasteiger partial charge < -0.3 is 14.7 Å². The lowest BCUT2D eigenvalue weighted by atomic mass is 9.90. The summed E-state index contributed by atoms with van der Waals surface area (Å²) in [6.45, 7) is 8.93. The third kappa shape index (κ3) is 6.12. The molecule has 0 aliphatic carbocycles. The molecule has 2 aromatic carbocycles. The second kappa shape index (κ2) is 10.2. The number of aryl methyl sites for hydroxylation is 1. The molecule has 1 aliphatic heterocycles. The van der Waals surface area contributed by atoms with Crippen LogP contribution in [0.2, 0.25) is 0 Å². The molecule has 0 aromatic heterocycles. The SMILES string of the molecule is CC(C)c1ccc(CCC(=O)N2CCC[C@@H](c3cccc(OC(C)(C)C(=O)O)c3)C2)cc1. The Morgan fingerprint density at radius 3 is 2.53 bits per heavy atom. The lowest BCUT2D eigenvalue weighted by molar-refractivity contribution is -0.152. The Morgan fingerprint density at radius 2 is 1.88 bits per heavy atom. The zero-order valence-corrected chi connectivity index (χ0v) is 19.6. The number of hydrogen-bond acceptors (Lipinski definition) is 3. The van der Waals surface area contributed by atoms with E-state index in [0.29, 0.717) is 24.6 Å². The van der Waals surface area contributed by atoms with E-state index in [2.05, 4.69) is 38.1 Å². The molecule has 172 valence electrons. The topological polar surface area (TPSA) is 66.8 Å². The molecule has 1 atom stereocenters. The molecule has 5 nitrogen and oxygen atoms in total. The first-order valence-corrected chi connectivity index (χ1v) is 11.5. The van der Waals surface area contributed by atoms with Gasteiger partial charge in [0.15, 0.2) is 5.60 Å². The number of aliphatic carboxylic acids is 1. The number of benzene rings is 2. The molecule has 2 aromatic rings. The first kappa shape index (κ1) is 23.8. The van der Waals surface area contributed by atoms with Crippen LogP contribution >= 0.6 is 0 Å². The normalized spacial score (nSPS) is 16.8. The lowest BCUT2D eigenvalue weighted by Gasteiger charge is -2.33. The van der Waals surface area contributed by atoms with Gasteiger partial charge in [0.25, 0.3) is 0 Å². The second-order valence-corrected chi connectivity index (χ2v) is 9.57. The van der Waals surface area contributed by atoms with E-state index >= 15 is 0 Å². The van der Waals surface area contributed by atoms with E-state index < -0.39 is 11.6 Å². The van der Waals surface area contributed by atoms with E-state index in [0.717, 1.165) is 31.4 Å². The molecule has 1 saturated heterocycles. The zero-order valence-electron chi connectivity index (χ0n) is 19.6. The number of ether oxygens (including phenoxy) is 1. The van der Waals surface area contributed by atoms with Crippen LogP contribution in [-0.4, -0.2) is 40.6 Å². The highest BCUT2D eigenvalue weighted by Gasteiger charge is 2.30. The third-order valence-electron chi connectivity index (χ3n) is 6.27. The zero-order chi connectivity index (χ0) is 23.3. The van der Waals surface area contributed by atoms with Crippen LogP contribution in [0.25, 0.3) is 0 Å². The van der Waals surface area contributed by atoms with Crippen molar-refractivity contribution in [2.75, 3.05) is 13.1 Å². The van der Waals surface area contributed by atoms with Gasteiger partial charge in [-0.05, 0) is 67.9 Å². The van der Waals surface area contributed by atoms with Gasteiger partial charge in [0.1, 0.15) is 5.75 Å². The van der Waals surface area contributed by atoms with Crippen LogP contribution in [0.5, 0.6) is 5.75 Å². The molecule has 0 saturated carbocycles. The van der Waals surface area contributed by atoms with E-state index in [-0.39, 0.29) is 11.8 Å². The molecule has 1 N–H and O–H groups in total. The Balaban J connectivity index is 1.59. The maximum Gasteiger partial charge on any atom is 0.347 e. The van der Waals surface area contributed by atoms with Gasteiger partial charge in [-0.15, -0.1) is 0 Å². The minimum absolute atomic E-state index is 0.196. The standard InChI is InChI=1S/C27H35NO4/c1-19(2)21-13-10-20(11-14-21)12-15-25(29)28-16-6-8-23(18-28)22-7-5-9-24(17-22)32-27(3,4)26(30)31/h5,7,9-11,13-14,17,19,23H,6,8,12,15-16,18H2,1-4H3,(H,30,31)/t23-/m1/s1. The molecule has 3 rings (SSSR count). The van der Waals surface area contributed by atoms with Crippen LogP contribution in [0.15, 0.2) is 48.5 Å². The fraction of sp³-hybridized carbons (Fsp3) is 0.481. The Labute approximate surface area is 191 Å². The number of rotatable bonds is 8. The molecular formula is C27H35NO4. The molecule has 5 heteroatoms. The summed E-state index contributed by atoms with van der Waals surface area (Å²) in [6.07, 6.45) is 3.24. The first-order valence-electron chi connectivity index (χ1n) is 11.5. The molecule has 0 spiro atoms. The Hall–Kier alpha value is -2.82. The highest BCUT2D eigenvalue weighted by molar-refractivity contribution is 5.77. The number of nitrogens with zero attached hydrogens (tertiary/aromatic N) is 1. The van der Waals surface area contributed by atoms with Gasteiger partial charge in [0.2, 0.25) is 5.91 Å². The maximum atomic E-state index is 12.9. The summed E-state index contributed by atoms with van der Waals surface area (Å²) in [4.78, 5) is 26.2. The van der Waals surface area contributed by atoms with Crippen molar-refractivity contribution in [3.8, 4) is 5.75 Å². The third-order valence-corrected chi connectivity index (χ3v) is 6.27. The molecule has 1 aliphatic rings. The second-order valence-electron chi connectivity index (χ2n) is 9.57. The highest BCUT2D eigenvalue weighted by atomic mass is 16.5. The minimum Gasteiger partial charge on any atom is -0.478 e. The monoisotopic (exact) mass is 437 g/mol. The van der Waals surface area contributed by atoms with Crippen LogP contribution in [-0.2, 0) is 16.0 Å². The van der Waals surface area contributed by atoms with Crippen molar-refractivity contribution in [1.82, 2.24) is 4.90 Å². The summed E-state index contributed by atoms with van der Waals surface area (Å²) in [7, 11) is 0. The molecule has 0 unspecified atom stereocenters. The fourth-order valence-electron chi connectivity index (χ4n) is 4.12. The van der Waals surface area contributed by atoms with Crippen molar-refractivity contribution >= 4 is 11.9 Å². The van der Waals surface area contributed by atoms with Crippen LogP contribution in [0.1, 0.15) is 75.5 Å². The van der Waals surface area contributed by atoms with Crippen LogP contribution in [0, 0.1) is 0 Å². The summed E-state index contributed by atoms with van der Waals surface area (Å²) >= 11 is 0. The number of carbonyl (C=O) groups is 2. The predicted molar refractivity (Wildman–Crippen MR) is 126 cm³/mol. The number of piperidine rings is 1. The highest BCUT2D eigenvalue weighted by Crippen LogP contribution is 2.30. The van der Waals surface area contributed by atoms with Gasteiger partial charge in [0, 0.05) is 25.4 Å². The minimum atomic E-state index is -1.29. The van der Waals surface area contributed by atoms with Crippen molar-refractivity contribution in [1.29, 1.82) is 0 Å². The number of carboxylic acid groups (broad SMARTS) is 1. The van der Waals surface area contributed by atoms with Gasteiger partial charge in [-0.2, -0.15) is 0 Å². The Bertz CT molecular complexity index is 933. The lowest BCUT2D eigenvalue weighted by Crippen LogP contribution is -2.39. The van der Waals surface area contributed by atoms with E-state index in [4.69, 9.17) is 4.74 Å². The van der Waals surface area contributed by atoms with E-state index in [1.807, 2.05) is 23.1 Å². The van der Waals surface area contributed by atoms with Gasteiger partial charge in [0.05, 0.1) is 0 Å². The van der Waals surface area contributed by atoms with Crippen molar-refractivity contribution < 1.29 is 19.4 Å². The van der Waals surface area contributed by atoms with Gasteiger partial charge in [-0.3, -0.25) is 4.79 Å². The average molecular weight is 438 g/mol. The van der Waals surface area contributed by atoms with Crippen molar-refractivity contribution in [2.24, 2.45) is 0 Å². The van der Waals surface area contributed by atoms with Crippen molar-refractivity contribution in [2.45, 2.75) is 70.8 Å². The molecular weight excluding hydrogens is 402 g/mol. The quantitative estimate of drug-likeness (QED) is 0.601. The van der Waals surface area contributed by atoms with Crippen molar-refractivity contribution in [3.63, 3.8) is 0 Å². The summed E-state index contributed by atoms with van der Waals surface area (Å²) in [5.74, 6) is 0.478. The summed E-state index contributed by atoms with van der Waals surface area (Å²) in [5.41, 5.74) is 2.31. The summed E-state index contributed by atoms with van der Waals surface area (Å²) < 4.78 is 5.70. The van der Waals surface area contributed by atoms with Gasteiger partial charge >= 0.3 is 5.97 Å². The van der Waals surface area contributed by atoms with E-state index in [1.54, 1.807) is 19.9 Å². The number of hydrogen-bond donors (Lipinski definition) is 1. The van der Waals surface area contributed by atoms with Crippen LogP contribution in [0.3, 0.4) is 0 Å². The predicted octanol–water partition coefficient (Wildman–Crippen LogP) is 5.39. The van der Waals surface area contributed by atoms with E-state index in [9.17, 15) is 14.7 Å². The van der Waals surface area contributed by atoms with Gasteiger partial charge in [-0.25, -0.2) is 4.79 Å². The molecule has 32 heavy (non-hydrogen) atoms. The van der Waals surface area contributed by atoms with Crippen molar-refractivity contribution in [3.05, 3.63) is 65.2 Å². The fourth-order valence-corrected chi connectivity index (χ4v) is 4.12. The summed E-state index contributed by atoms with van der Waals surface area (Å²) in [5, 5.41) is 9.32. The number of carboxylic acids is 1. The van der Waals surface area contributed by atoms with Gasteiger partial charge in [-0.1, -0.05) is 50.2 Å². The number of likely N-dealkylation sites (tertiary alicyclic amines) is 1. The molecule has 1 fully saturated rings. The van der Waals surface area contributed by atoms with Crippen LogP contribution in [0.4, 0.5) is 0 Å². The molecule has 0 radical (unpaired) electrons. The maximum absolute atomic E-state index is 12.9. The summed E-state index contributed by atoms with van der Waals surface area (Å²) in [6, 6.07) is 16.2. The molecule has 0 bridgehead atoms. The molecule has 1 amide bonds. The Morgan fingerprint density at radius 1 is 1.16 bits per heavy atom.